The second kappa shape index (κ2) is 4.55. The van der Waals surface area contributed by atoms with E-state index in [-0.39, 0.29) is 0 Å². The molecular formula is C10H18N4. The van der Waals surface area contributed by atoms with Gasteiger partial charge in [0, 0.05) is 6.42 Å². The Hall–Kier alpha value is -0.900. The van der Waals surface area contributed by atoms with Crippen molar-refractivity contribution in [2.24, 2.45) is 0 Å². The van der Waals surface area contributed by atoms with Crippen LogP contribution in [-0.2, 0) is 6.42 Å². The summed E-state index contributed by atoms with van der Waals surface area (Å²) in [6, 6.07) is 0.390. The number of nitrogens with zero attached hydrogens (tertiary/aromatic N) is 2. The van der Waals surface area contributed by atoms with Gasteiger partial charge in [-0.2, -0.15) is 5.10 Å². The van der Waals surface area contributed by atoms with Crippen molar-refractivity contribution in [2.75, 3.05) is 6.54 Å². The summed E-state index contributed by atoms with van der Waals surface area (Å²) >= 11 is 0. The summed E-state index contributed by atoms with van der Waals surface area (Å²) in [5, 5.41) is 10.7. The molecule has 1 atom stereocenters. The number of rotatable bonds is 4. The van der Waals surface area contributed by atoms with Crippen LogP contribution in [-0.4, -0.2) is 21.7 Å². The van der Waals surface area contributed by atoms with Crippen molar-refractivity contribution in [3.05, 3.63) is 11.6 Å². The number of aryl methyl sites for hydroxylation is 1. The maximum atomic E-state index is 4.50. The Morgan fingerprint density at radius 1 is 1.50 bits per heavy atom. The van der Waals surface area contributed by atoms with Crippen molar-refractivity contribution in [1.82, 2.24) is 20.5 Å². The lowest BCUT2D eigenvalue weighted by Gasteiger charge is -2.02. The molecule has 0 saturated carbocycles. The van der Waals surface area contributed by atoms with Crippen LogP contribution in [0.4, 0.5) is 0 Å². The van der Waals surface area contributed by atoms with Crippen LogP contribution in [0.3, 0.4) is 0 Å². The zero-order valence-corrected chi connectivity index (χ0v) is 8.71. The summed E-state index contributed by atoms with van der Waals surface area (Å²) in [7, 11) is 0. The summed E-state index contributed by atoms with van der Waals surface area (Å²) in [6.07, 6.45) is 5.83. The van der Waals surface area contributed by atoms with Gasteiger partial charge in [0.1, 0.15) is 5.82 Å². The van der Waals surface area contributed by atoms with E-state index in [9.17, 15) is 0 Å². The smallest absolute Gasteiger partial charge is 0.167 e. The Kier molecular flexibility index (Phi) is 3.14. The zero-order chi connectivity index (χ0) is 9.80. The first-order valence-electron chi connectivity index (χ1n) is 5.54. The van der Waals surface area contributed by atoms with E-state index in [1.807, 2.05) is 0 Å². The van der Waals surface area contributed by atoms with Crippen LogP contribution in [0.2, 0.25) is 0 Å². The number of aromatic amines is 1. The molecule has 0 bridgehead atoms. The van der Waals surface area contributed by atoms with Gasteiger partial charge < -0.3 is 5.32 Å². The lowest BCUT2D eigenvalue weighted by molar-refractivity contribution is 0.607. The fourth-order valence-corrected chi connectivity index (χ4v) is 1.83. The average molecular weight is 194 g/mol. The van der Waals surface area contributed by atoms with Gasteiger partial charge in [0.05, 0.1) is 6.04 Å². The molecule has 14 heavy (non-hydrogen) atoms. The van der Waals surface area contributed by atoms with Gasteiger partial charge in [-0.1, -0.05) is 13.3 Å². The second-order valence-electron chi connectivity index (χ2n) is 3.89. The summed E-state index contributed by atoms with van der Waals surface area (Å²) < 4.78 is 0. The standard InChI is InChI=1S/C10H18N4/c1-2-3-6-9-12-10(14-13-9)8-5-4-7-11-8/h8,11H,2-7H2,1H3,(H,12,13,14). The van der Waals surface area contributed by atoms with E-state index in [4.69, 9.17) is 0 Å². The highest BCUT2D eigenvalue weighted by atomic mass is 15.2. The lowest BCUT2D eigenvalue weighted by atomic mass is 10.2. The molecule has 78 valence electrons. The Bertz CT molecular complexity index is 275. The molecule has 4 nitrogen and oxygen atoms in total. The summed E-state index contributed by atoms with van der Waals surface area (Å²) in [4.78, 5) is 4.50. The van der Waals surface area contributed by atoms with E-state index in [1.54, 1.807) is 0 Å². The van der Waals surface area contributed by atoms with E-state index in [0.717, 1.165) is 24.6 Å². The minimum Gasteiger partial charge on any atom is -0.307 e. The number of aromatic nitrogens is 3. The number of nitrogens with one attached hydrogen (secondary N) is 2. The molecule has 1 fully saturated rings. The number of H-pyrrole nitrogens is 1. The molecule has 1 unspecified atom stereocenters. The van der Waals surface area contributed by atoms with Gasteiger partial charge in [-0.3, -0.25) is 5.10 Å². The largest absolute Gasteiger partial charge is 0.307 e. The van der Waals surface area contributed by atoms with Gasteiger partial charge in [0.25, 0.3) is 0 Å². The predicted octanol–water partition coefficient (Wildman–Crippen LogP) is 1.57. The quantitative estimate of drug-likeness (QED) is 0.765. The maximum absolute atomic E-state index is 4.50. The van der Waals surface area contributed by atoms with Crippen LogP contribution in [0.5, 0.6) is 0 Å². The lowest BCUT2D eigenvalue weighted by Crippen LogP contribution is -2.14. The topological polar surface area (TPSA) is 53.6 Å². The molecule has 0 amide bonds. The molecule has 0 aliphatic carbocycles. The van der Waals surface area contributed by atoms with Crippen molar-refractivity contribution in [3.63, 3.8) is 0 Å². The van der Waals surface area contributed by atoms with Gasteiger partial charge in [0.2, 0.25) is 0 Å². The molecule has 2 rings (SSSR count). The first-order chi connectivity index (χ1) is 6.90. The number of hydrogen-bond acceptors (Lipinski definition) is 3. The molecular weight excluding hydrogens is 176 g/mol. The molecule has 0 radical (unpaired) electrons. The van der Waals surface area contributed by atoms with Crippen molar-refractivity contribution in [3.8, 4) is 0 Å². The summed E-state index contributed by atoms with van der Waals surface area (Å²) in [5.74, 6) is 1.99. The van der Waals surface area contributed by atoms with Crippen LogP contribution in [0.15, 0.2) is 0 Å². The molecule has 1 aliphatic heterocycles. The summed E-state index contributed by atoms with van der Waals surface area (Å²) in [6.45, 7) is 3.29. The molecule has 1 saturated heterocycles. The van der Waals surface area contributed by atoms with Crippen LogP contribution >= 0.6 is 0 Å². The number of hydrogen-bond donors (Lipinski definition) is 2. The number of unbranched alkanes of at least 4 members (excludes halogenated alkanes) is 1. The zero-order valence-electron chi connectivity index (χ0n) is 8.71. The Balaban J connectivity index is 1.94. The second-order valence-corrected chi connectivity index (χ2v) is 3.89. The van der Waals surface area contributed by atoms with Crippen LogP contribution in [0.25, 0.3) is 0 Å². The third-order valence-electron chi connectivity index (χ3n) is 2.69. The molecule has 0 spiro atoms. The van der Waals surface area contributed by atoms with Crippen LogP contribution in [0.1, 0.15) is 50.3 Å². The first-order valence-corrected chi connectivity index (χ1v) is 5.54. The highest BCUT2D eigenvalue weighted by Gasteiger charge is 2.19. The molecule has 1 aromatic rings. The minimum atomic E-state index is 0.390. The molecule has 1 aliphatic rings. The van der Waals surface area contributed by atoms with Gasteiger partial charge >= 0.3 is 0 Å². The fraction of sp³-hybridized carbons (Fsp3) is 0.800. The monoisotopic (exact) mass is 194 g/mol. The van der Waals surface area contributed by atoms with Gasteiger partial charge in [-0.05, 0) is 25.8 Å². The third-order valence-corrected chi connectivity index (χ3v) is 2.69. The van der Waals surface area contributed by atoms with E-state index in [1.165, 1.54) is 25.7 Å². The van der Waals surface area contributed by atoms with E-state index >= 15 is 0 Å². The minimum absolute atomic E-state index is 0.390. The molecule has 2 N–H and O–H groups in total. The van der Waals surface area contributed by atoms with Crippen molar-refractivity contribution in [2.45, 2.75) is 45.1 Å². The average Bonchev–Trinajstić information content (AvgIpc) is 2.85. The van der Waals surface area contributed by atoms with Gasteiger partial charge in [0.15, 0.2) is 5.82 Å². The normalized spacial score (nSPS) is 21.6. The molecule has 0 aromatic carbocycles. The van der Waals surface area contributed by atoms with Crippen molar-refractivity contribution >= 4 is 0 Å². The fourth-order valence-electron chi connectivity index (χ4n) is 1.83. The highest BCUT2D eigenvalue weighted by Crippen LogP contribution is 2.19. The van der Waals surface area contributed by atoms with E-state index in [2.05, 4.69) is 27.4 Å². The van der Waals surface area contributed by atoms with E-state index < -0.39 is 0 Å². The summed E-state index contributed by atoms with van der Waals surface area (Å²) in [5.41, 5.74) is 0. The molecule has 4 heteroatoms. The molecule has 2 heterocycles. The predicted molar refractivity (Wildman–Crippen MR) is 55.0 cm³/mol. The van der Waals surface area contributed by atoms with Crippen LogP contribution in [0, 0.1) is 0 Å². The molecule has 1 aromatic heterocycles. The van der Waals surface area contributed by atoms with Gasteiger partial charge in [-0.25, -0.2) is 4.98 Å². The van der Waals surface area contributed by atoms with Crippen LogP contribution < -0.4 is 5.32 Å². The third kappa shape index (κ3) is 2.12. The van der Waals surface area contributed by atoms with Gasteiger partial charge in [-0.15, -0.1) is 0 Å². The van der Waals surface area contributed by atoms with E-state index in [0.29, 0.717) is 6.04 Å². The SMILES string of the molecule is CCCCc1nc(C2CCCN2)n[nH]1. The Morgan fingerprint density at radius 3 is 3.14 bits per heavy atom. The maximum Gasteiger partial charge on any atom is 0.167 e. The Labute approximate surface area is 84.5 Å². The first kappa shape index (κ1) is 9.65. The Morgan fingerprint density at radius 2 is 2.43 bits per heavy atom. The van der Waals surface area contributed by atoms with Crippen molar-refractivity contribution < 1.29 is 0 Å². The van der Waals surface area contributed by atoms with Crippen molar-refractivity contribution in [1.29, 1.82) is 0 Å². The highest BCUT2D eigenvalue weighted by molar-refractivity contribution is 4.98.